The standard InChI is InChI=1S/C17H27NO3/c1-13-7-14(2)9-17(8-13)21-12-16(19)10-18-5-3-15-4-6-20-11-15/h7-9,15-16,18-19H,3-6,10-12H2,1-2H3. The average Bonchev–Trinajstić information content (AvgIpc) is 2.93. The Kier molecular flexibility index (Phi) is 6.49. The van der Waals surface area contributed by atoms with Crippen LogP contribution in [-0.4, -0.2) is 44.1 Å². The first-order chi connectivity index (χ1) is 10.1. The molecule has 0 amide bonds. The van der Waals surface area contributed by atoms with Gasteiger partial charge in [-0.3, -0.25) is 0 Å². The Hall–Kier alpha value is -1.10. The lowest BCUT2D eigenvalue weighted by Gasteiger charge is -2.15. The van der Waals surface area contributed by atoms with E-state index in [1.54, 1.807) is 0 Å². The van der Waals surface area contributed by atoms with Gasteiger partial charge >= 0.3 is 0 Å². The van der Waals surface area contributed by atoms with Crippen LogP contribution in [0.3, 0.4) is 0 Å². The minimum absolute atomic E-state index is 0.322. The summed E-state index contributed by atoms with van der Waals surface area (Å²) in [5.74, 6) is 1.51. The lowest BCUT2D eigenvalue weighted by atomic mass is 10.1. The van der Waals surface area contributed by atoms with Crippen molar-refractivity contribution in [3.8, 4) is 5.75 Å². The monoisotopic (exact) mass is 293 g/mol. The van der Waals surface area contributed by atoms with Crippen molar-refractivity contribution < 1.29 is 14.6 Å². The summed E-state index contributed by atoms with van der Waals surface area (Å²) in [6.07, 6.45) is 1.80. The van der Waals surface area contributed by atoms with Crippen molar-refractivity contribution in [2.75, 3.05) is 32.9 Å². The number of rotatable bonds is 8. The van der Waals surface area contributed by atoms with Crippen LogP contribution in [0.25, 0.3) is 0 Å². The van der Waals surface area contributed by atoms with Crippen LogP contribution in [0.1, 0.15) is 24.0 Å². The highest BCUT2D eigenvalue weighted by Gasteiger charge is 2.15. The van der Waals surface area contributed by atoms with Gasteiger partial charge in [0.2, 0.25) is 0 Å². The zero-order valence-electron chi connectivity index (χ0n) is 13.1. The second kappa shape index (κ2) is 8.37. The lowest BCUT2D eigenvalue weighted by molar-refractivity contribution is 0.106. The van der Waals surface area contributed by atoms with E-state index < -0.39 is 6.10 Å². The zero-order chi connectivity index (χ0) is 15.1. The molecule has 1 fully saturated rings. The second-order valence-corrected chi connectivity index (χ2v) is 6.01. The molecule has 1 aromatic carbocycles. The van der Waals surface area contributed by atoms with Crippen molar-refractivity contribution in [2.45, 2.75) is 32.8 Å². The number of nitrogens with one attached hydrogen (secondary N) is 1. The quantitative estimate of drug-likeness (QED) is 0.720. The summed E-state index contributed by atoms with van der Waals surface area (Å²) in [6, 6.07) is 6.10. The fraction of sp³-hybridized carbons (Fsp3) is 0.647. The number of aliphatic hydroxyl groups is 1. The van der Waals surface area contributed by atoms with E-state index in [1.165, 1.54) is 17.5 Å². The third kappa shape index (κ3) is 6.04. The van der Waals surface area contributed by atoms with Crippen molar-refractivity contribution in [1.82, 2.24) is 5.32 Å². The molecule has 118 valence electrons. The first-order valence-electron chi connectivity index (χ1n) is 7.81. The Labute approximate surface area is 127 Å². The largest absolute Gasteiger partial charge is 0.491 e. The number of hydrogen-bond acceptors (Lipinski definition) is 4. The van der Waals surface area contributed by atoms with Gasteiger partial charge in [0, 0.05) is 19.8 Å². The molecule has 0 aliphatic carbocycles. The molecule has 0 aromatic heterocycles. The topological polar surface area (TPSA) is 50.7 Å². The molecule has 4 nitrogen and oxygen atoms in total. The molecule has 0 radical (unpaired) electrons. The van der Waals surface area contributed by atoms with Gasteiger partial charge in [0.15, 0.2) is 0 Å². The van der Waals surface area contributed by atoms with Crippen molar-refractivity contribution in [3.63, 3.8) is 0 Å². The summed E-state index contributed by atoms with van der Waals surface area (Å²) in [6.45, 7) is 7.70. The smallest absolute Gasteiger partial charge is 0.119 e. The van der Waals surface area contributed by atoms with E-state index in [4.69, 9.17) is 9.47 Å². The molecule has 1 aromatic rings. The Balaban J connectivity index is 1.59. The highest BCUT2D eigenvalue weighted by molar-refractivity contribution is 5.32. The molecule has 4 heteroatoms. The Morgan fingerprint density at radius 3 is 2.76 bits per heavy atom. The molecular formula is C17H27NO3. The van der Waals surface area contributed by atoms with Crippen molar-refractivity contribution in [1.29, 1.82) is 0 Å². The maximum absolute atomic E-state index is 9.93. The van der Waals surface area contributed by atoms with E-state index in [1.807, 2.05) is 26.0 Å². The van der Waals surface area contributed by atoms with Gasteiger partial charge in [0.1, 0.15) is 18.5 Å². The fourth-order valence-corrected chi connectivity index (χ4v) is 2.65. The molecule has 21 heavy (non-hydrogen) atoms. The zero-order valence-corrected chi connectivity index (χ0v) is 13.1. The van der Waals surface area contributed by atoms with Gasteiger partial charge in [-0.2, -0.15) is 0 Å². The van der Waals surface area contributed by atoms with Crippen LogP contribution in [0.15, 0.2) is 18.2 Å². The van der Waals surface area contributed by atoms with E-state index >= 15 is 0 Å². The van der Waals surface area contributed by atoms with Crippen LogP contribution in [-0.2, 0) is 4.74 Å². The third-order valence-corrected chi connectivity index (χ3v) is 3.77. The predicted octanol–water partition coefficient (Wildman–Crippen LogP) is 2.06. The van der Waals surface area contributed by atoms with Crippen LogP contribution < -0.4 is 10.1 Å². The van der Waals surface area contributed by atoms with Crippen LogP contribution in [0.5, 0.6) is 5.75 Å². The second-order valence-electron chi connectivity index (χ2n) is 6.01. The first kappa shape index (κ1) is 16.3. The Morgan fingerprint density at radius 1 is 1.33 bits per heavy atom. The van der Waals surface area contributed by atoms with Crippen LogP contribution in [0, 0.1) is 19.8 Å². The molecule has 0 saturated carbocycles. The van der Waals surface area contributed by atoms with Crippen LogP contribution >= 0.6 is 0 Å². The van der Waals surface area contributed by atoms with Gasteiger partial charge in [-0.1, -0.05) is 6.07 Å². The molecule has 1 saturated heterocycles. The minimum Gasteiger partial charge on any atom is -0.491 e. The number of hydrogen-bond donors (Lipinski definition) is 2. The maximum atomic E-state index is 9.93. The summed E-state index contributed by atoms with van der Waals surface area (Å²) in [7, 11) is 0. The maximum Gasteiger partial charge on any atom is 0.119 e. The van der Waals surface area contributed by atoms with E-state index in [0.717, 1.165) is 31.9 Å². The molecule has 0 spiro atoms. The highest BCUT2D eigenvalue weighted by Crippen LogP contribution is 2.16. The molecule has 1 heterocycles. The first-order valence-corrected chi connectivity index (χ1v) is 7.81. The van der Waals surface area contributed by atoms with Gasteiger partial charge in [-0.25, -0.2) is 0 Å². The Morgan fingerprint density at radius 2 is 2.10 bits per heavy atom. The lowest BCUT2D eigenvalue weighted by Crippen LogP contribution is -2.32. The number of aliphatic hydroxyl groups excluding tert-OH is 1. The van der Waals surface area contributed by atoms with Gasteiger partial charge in [-0.05, 0) is 62.4 Å². The summed E-state index contributed by atoms with van der Waals surface area (Å²) in [5, 5.41) is 13.2. The van der Waals surface area contributed by atoms with Crippen LogP contribution in [0.2, 0.25) is 0 Å². The molecule has 2 N–H and O–H groups in total. The minimum atomic E-state index is -0.481. The van der Waals surface area contributed by atoms with E-state index in [0.29, 0.717) is 19.1 Å². The molecule has 1 aliphatic heterocycles. The Bertz CT molecular complexity index is 410. The fourth-order valence-electron chi connectivity index (χ4n) is 2.65. The number of aryl methyl sites for hydroxylation is 2. The number of ether oxygens (including phenoxy) is 2. The normalized spacial score (nSPS) is 19.7. The van der Waals surface area contributed by atoms with Crippen LogP contribution in [0.4, 0.5) is 0 Å². The molecule has 1 aliphatic rings. The summed E-state index contributed by atoms with van der Waals surface area (Å²) < 4.78 is 11.0. The third-order valence-electron chi connectivity index (χ3n) is 3.77. The van der Waals surface area contributed by atoms with Gasteiger partial charge in [-0.15, -0.1) is 0 Å². The van der Waals surface area contributed by atoms with Crippen molar-refractivity contribution in [3.05, 3.63) is 29.3 Å². The van der Waals surface area contributed by atoms with E-state index in [2.05, 4.69) is 11.4 Å². The highest BCUT2D eigenvalue weighted by atomic mass is 16.5. The SMILES string of the molecule is Cc1cc(C)cc(OCC(O)CNCCC2CCOC2)c1. The summed E-state index contributed by atoms with van der Waals surface area (Å²) >= 11 is 0. The molecular weight excluding hydrogens is 266 g/mol. The van der Waals surface area contributed by atoms with Crippen molar-refractivity contribution in [2.24, 2.45) is 5.92 Å². The van der Waals surface area contributed by atoms with Gasteiger partial charge in [0.25, 0.3) is 0 Å². The van der Waals surface area contributed by atoms with E-state index in [-0.39, 0.29) is 0 Å². The summed E-state index contributed by atoms with van der Waals surface area (Å²) in [5.41, 5.74) is 2.35. The molecule has 2 atom stereocenters. The average molecular weight is 293 g/mol. The van der Waals surface area contributed by atoms with Gasteiger partial charge in [0.05, 0.1) is 0 Å². The van der Waals surface area contributed by atoms with Gasteiger partial charge < -0.3 is 19.9 Å². The predicted molar refractivity (Wildman–Crippen MR) is 83.8 cm³/mol. The van der Waals surface area contributed by atoms with Crippen molar-refractivity contribution >= 4 is 0 Å². The molecule has 0 bridgehead atoms. The van der Waals surface area contributed by atoms with E-state index in [9.17, 15) is 5.11 Å². The molecule has 2 unspecified atom stereocenters. The number of benzene rings is 1. The summed E-state index contributed by atoms with van der Waals surface area (Å²) in [4.78, 5) is 0. The molecule has 2 rings (SSSR count).